The molecule has 2 saturated heterocycles. The van der Waals surface area contributed by atoms with Crippen molar-refractivity contribution in [3.8, 4) is 0 Å². The Morgan fingerprint density at radius 2 is 0.973 bits per heavy atom. The molecule has 4 rings (SSSR count). The standard InChI is InChI=1S/C22H22F6N6O3/c23-21(24,25)19(31-32-19)15-5-1-13(2-6-15)17(35)29-9-11-37-12-10-30-18(36)14-3-7-16(8-4-14)20(33-34-20)22(26,27)28/h1-8,31-34H,9-12H2,(H,29,35)(H,30,36). The highest BCUT2D eigenvalue weighted by atomic mass is 19.4. The summed E-state index contributed by atoms with van der Waals surface area (Å²) in [5, 5.41) is 5.13. The van der Waals surface area contributed by atoms with Gasteiger partial charge in [0.15, 0.2) is 0 Å². The van der Waals surface area contributed by atoms with Gasteiger partial charge < -0.3 is 15.4 Å². The van der Waals surface area contributed by atoms with Gasteiger partial charge >= 0.3 is 12.4 Å². The lowest BCUT2D eigenvalue weighted by atomic mass is 10.0. The molecule has 2 aromatic carbocycles. The fourth-order valence-corrected chi connectivity index (χ4v) is 3.55. The monoisotopic (exact) mass is 532 g/mol. The molecule has 0 bridgehead atoms. The molecule has 6 N–H and O–H groups in total. The first-order valence-corrected chi connectivity index (χ1v) is 11.0. The summed E-state index contributed by atoms with van der Waals surface area (Å²) in [7, 11) is 0. The average molecular weight is 532 g/mol. The Labute approximate surface area is 206 Å². The molecule has 2 amide bonds. The first kappa shape index (κ1) is 26.8. The van der Waals surface area contributed by atoms with Gasteiger partial charge in [-0.15, -0.1) is 0 Å². The molecule has 0 unspecified atom stereocenters. The van der Waals surface area contributed by atoms with E-state index in [-0.39, 0.29) is 48.6 Å². The van der Waals surface area contributed by atoms with Crippen LogP contribution in [0.1, 0.15) is 31.8 Å². The summed E-state index contributed by atoms with van der Waals surface area (Å²) in [4.78, 5) is 24.3. The van der Waals surface area contributed by atoms with Crippen molar-refractivity contribution in [2.75, 3.05) is 26.3 Å². The lowest BCUT2D eigenvalue weighted by molar-refractivity contribution is -0.166. The van der Waals surface area contributed by atoms with Crippen molar-refractivity contribution in [2.24, 2.45) is 0 Å². The number of nitrogens with one attached hydrogen (secondary N) is 6. The molecule has 2 fully saturated rings. The number of hydrogen-bond acceptors (Lipinski definition) is 7. The van der Waals surface area contributed by atoms with Crippen LogP contribution in [0.2, 0.25) is 0 Å². The second-order valence-corrected chi connectivity index (χ2v) is 8.27. The summed E-state index contributed by atoms with van der Waals surface area (Å²) in [6, 6.07) is 9.94. The molecule has 0 aliphatic carbocycles. The van der Waals surface area contributed by atoms with Crippen molar-refractivity contribution in [1.29, 1.82) is 0 Å². The molecule has 9 nitrogen and oxygen atoms in total. The van der Waals surface area contributed by atoms with E-state index in [1.54, 1.807) is 0 Å². The van der Waals surface area contributed by atoms with E-state index in [9.17, 15) is 35.9 Å². The zero-order valence-electron chi connectivity index (χ0n) is 18.9. The lowest BCUT2D eigenvalue weighted by Crippen LogP contribution is -2.35. The third-order valence-electron chi connectivity index (χ3n) is 5.82. The number of halogens is 6. The molecule has 37 heavy (non-hydrogen) atoms. The second kappa shape index (κ2) is 9.90. The minimum absolute atomic E-state index is 0.0694. The molecule has 0 aromatic heterocycles. The molecular formula is C22H22F6N6O3. The van der Waals surface area contributed by atoms with Crippen LogP contribution in [0.25, 0.3) is 0 Å². The number of hydrazine groups is 2. The zero-order chi connectivity index (χ0) is 26.9. The third-order valence-corrected chi connectivity index (χ3v) is 5.82. The average Bonchev–Trinajstić information content (AvgIpc) is 3.76. The highest BCUT2D eigenvalue weighted by Gasteiger charge is 2.66. The van der Waals surface area contributed by atoms with E-state index in [2.05, 4.69) is 32.3 Å². The van der Waals surface area contributed by atoms with Gasteiger partial charge in [0.25, 0.3) is 11.8 Å². The molecule has 0 spiro atoms. The summed E-state index contributed by atoms with van der Waals surface area (Å²) in [6.07, 6.45) is -9.08. The van der Waals surface area contributed by atoms with Crippen molar-refractivity contribution >= 4 is 11.8 Å². The van der Waals surface area contributed by atoms with Gasteiger partial charge in [0.2, 0.25) is 11.3 Å². The number of carbonyl (C=O) groups is 2. The summed E-state index contributed by atoms with van der Waals surface area (Å²) in [6.45, 7) is 0.459. The van der Waals surface area contributed by atoms with Crippen LogP contribution in [-0.4, -0.2) is 50.5 Å². The maximum absolute atomic E-state index is 13.1. The minimum atomic E-state index is -4.54. The van der Waals surface area contributed by atoms with Gasteiger partial charge in [-0.05, 0) is 35.4 Å². The fraction of sp³-hybridized carbons (Fsp3) is 0.364. The number of alkyl halides is 6. The van der Waals surface area contributed by atoms with Gasteiger partial charge in [-0.25, -0.2) is 21.7 Å². The van der Waals surface area contributed by atoms with Crippen LogP contribution in [-0.2, 0) is 16.1 Å². The summed E-state index contributed by atoms with van der Waals surface area (Å²) in [5.41, 5.74) is 3.95. The summed E-state index contributed by atoms with van der Waals surface area (Å²) in [5.74, 6) is -0.984. The number of hydrogen-bond donors (Lipinski definition) is 6. The van der Waals surface area contributed by atoms with Crippen molar-refractivity contribution in [3.05, 3.63) is 70.8 Å². The van der Waals surface area contributed by atoms with Gasteiger partial charge in [-0.1, -0.05) is 24.3 Å². The SMILES string of the molecule is O=C(NCCOCCNC(=O)c1ccc(C2(C(F)(F)F)NN2)cc1)c1ccc(C2(C(F)(F)F)NN2)cc1. The Bertz CT molecular complexity index is 1040. The van der Waals surface area contributed by atoms with Gasteiger partial charge in [0.05, 0.1) is 13.2 Å². The van der Waals surface area contributed by atoms with Crippen LogP contribution in [0.4, 0.5) is 26.3 Å². The molecular weight excluding hydrogens is 510 g/mol. The maximum atomic E-state index is 13.1. The van der Waals surface area contributed by atoms with Gasteiger partial charge in [0, 0.05) is 24.2 Å². The van der Waals surface area contributed by atoms with Crippen LogP contribution in [0.3, 0.4) is 0 Å². The Morgan fingerprint density at radius 3 is 1.24 bits per heavy atom. The molecule has 200 valence electrons. The Morgan fingerprint density at radius 1 is 0.649 bits per heavy atom. The van der Waals surface area contributed by atoms with E-state index in [1.807, 2.05) is 0 Å². The van der Waals surface area contributed by atoms with Crippen LogP contribution < -0.4 is 32.3 Å². The fourth-order valence-electron chi connectivity index (χ4n) is 3.55. The number of benzene rings is 2. The van der Waals surface area contributed by atoms with Crippen molar-refractivity contribution in [3.63, 3.8) is 0 Å². The molecule has 2 heterocycles. The first-order valence-electron chi connectivity index (χ1n) is 11.0. The zero-order valence-corrected chi connectivity index (χ0v) is 18.9. The second-order valence-electron chi connectivity index (χ2n) is 8.27. The number of amides is 2. The van der Waals surface area contributed by atoms with Crippen molar-refractivity contribution < 1.29 is 40.7 Å². The normalized spacial score (nSPS) is 17.7. The summed E-state index contributed by atoms with van der Waals surface area (Å²) >= 11 is 0. The molecule has 2 aromatic rings. The van der Waals surface area contributed by atoms with Crippen LogP contribution in [0.15, 0.2) is 48.5 Å². The smallest absolute Gasteiger partial charge is 0.378 e. The van der Waals surface area contributed by atoms with Crippen LogP contribution in [0, 0.1) is 0 Å². The minimum Gasteiger partial charge on any atom is -0.378 e. The number of rotatable bonds is 10. The predicted octanol–water partition coefficient (Wildman–Crippen LogP) is 1.51. The Kier molecular flexibility index (Phi) is 7.18. The van der Waals surface area contributed by atoms with E-state index in [0.29, 0.717) is 0 Å². The Hall–Kier alpha value is -3.24. The number of ether oxygens (including phenoxy) is 1. The van der Waals surface area contributed by atoms with E-state index in [1.165, 1.54) is 48.5 Å². The van der Waals surface area contributed by atoms with Gasteiger partial charge in [-0.3, -0.25) is 9.59 Å². The molecule has 15 heteroatoms. The summed E-state index contributed by atoms with van der Waals surface area (Å²) < 4.78 is 83.8. The van der Waals surface area contributed by atoms with Crippen LogP contribution >= 0.6 is 0 Å². The largest absolute Gasteiger partial charge is 0.426 e. The predicted molar refractivity (Wildman–Crippen MR) is 116 cm³/mol. The topological polar surface area (TPSA) is 155 Å². The molecule has 0 atom stereocenters. The molecule has 0 saturated carbocycles. The van der Waals surface area contributed by atoms with E-state index < -0.39 is 35.5 Å². The quantitative estimate of drug-likeness (QED) is 0.154. The molecule has 2 aliphatic rings. The maximum Gasteiger partial charge on any atom is 0.426 e. The highest BCUT2D eigenvalue weighted by Crippen LogP contribution is 2.42. The first-order chi connectivity index (χ1) is 17.4. The van der Waals surface area contributed by atoms with E-state index in [0.717, 1.165) is 0 Å². The van der Waals surface area contributed by atoms with Crippen LogP contribution in [0.5, 0.6) is 0 Å². The van der Waals surface area contributed by atoms with Crippen molar-refractivity contribution in [1.82, 2.24) is 32.3 Å². The molecule has 2 aliphatic heterocycles. The van der Waals surface area contributed by atoms with E-state index in [4.69, 9.17) is 4.74 Å². The Balaban J connectivity index is 1.12. The third kappa shape index (κ3) is 5.55. The lowest BCUT2D eigenvalue weighted by Gasteiger charge is -2.16. The van der Waals surface area contributed by atoms with Gasteiger partial charge in [-0.2, -0.15) is 26.3 Å². The van der Waals surface area contributed by atoms with Crippen molar-refractivity contribution in [2.45, 2.75) is 23.7 Å². The highest BCUT2D eigenvalue weighted by molar-refractivity contribution is 5.94. The number of carbonyl (C=O) groups excluding carboxylic acids is 2. The van der Waals surface area contributed by atoms with E-state index >= 15 is 0 Å². The van der Waals surface area contributed by atoms with Gasteiger partial charge in [0.1, 0.15) is 0 Å². The molecule has 0 radical (unpaired) electrons.